The first kappa shape index (κ1) is 20.7. The van der Waals surface area contributed by atoms with Crippen molar-refractivity contribution in [1.29, 1.82) is 0 Å². The molecule has 1 nitrogen and oxygen atoms in total. The van der Waals surface area contributed by atoms with Gasteiger partial charge in [0.25, 0.3) is 0 Å². The molecule has 0 saturated carbocycles. The lowest BCUT2D eigenvalue weighted by Crippen LogP contribution is -1.92. The van der Waals surface area contributed by atoms with Crippen LogP contribution in [0.15, 0.2) is 59.3 Å². The van der Waals surface area contributed by atoms with Crippen LogP contribution in [0, 0.1) is 26.7 Å². The zero-order valence-corrected chi connectivity index (χ0v) is 17.2. The minimum atomic E-state index is -0.478. The van der Waals surface area contributed by atoms with Gasteiger partial charge in [0.1, 0.15) is 17.2 Å². The Kier molecular flexibility index (Phi) is 6.43. The van der Waals surface area contributed by atoms with E-state index in [1.807, 2.05) is 26.8 Å². The number of benzene rings is 1. The summed E-state index contributed by atoms with van der Waals surface area (Å²) in [6, 6.07) is 2.13. The molecule has 1 aromatic carbocycles. The van der Waals surface area contributed by atoms with Crippen molar-refractivity contribution < 1.29 is 8.81 Å². The van der Waals surface area contributed by atoms with E-state index in [4.69, 9.17) is 4.42 Å². The largest absolute Gasteiger partial charge is 0.460 e. The van der Waals surface area contributed by atoms with Crippen LogP contribution in [0.3, 0.4) is 0 Å². The smallest absolute Gasteiger partial charge is 0.143 e. The average molecular weight is 365 g/mol. The molecule has 0 fully saturated rings. The number of allylic oxidation sites excluding steroid dienone is 7. The van der Waals surface area contributed by atoms with Gasteiger partial charge in [-0.3, -0.25) is 0 Å². The molecule has 0 aliphatic heterocycles. The van der Waals surface area contributed by atoms with E-state index in [0.29, 0.717) is 5.92 Å². The lowest BCUT2D eigenvalue weighted by atomic mass is 9.93. The van der Waals surface area contributed by atoms with E-state index in [9.17, 15) is 4.39 Å². The predicted octanol–water partition coefficient (Wildman–Crippen LogP) is 8.03. The predicted molar refractivity (Wildman–Crippen MR) is 116 cm³/mol. The summed E-state index contributed by atoms with van der Waals surface area (Å²) in [6.45, 7) is 20.0. The molecule has 0 saturated heterocycles. The van der Waals surface area contributed by atoms with Crippen molar-refractivity contribution in [3.8, 4) is 0 Å². The van der Waals surface area contributed by atoms with Gasteiger partial charge in [-0.15, -0.1) is 0 Å². The van der Waals surface area contributed by atoms with Crippen molar-refractivity contribution in [3.63, 3.8) is 0 Å². The van der Waals surface area contributed by atoms with Crippen molar-refractivity contribution in [2.24, 2.45) is 5.92 Å². The number of fused-ring (bicyclic) bond motifs is 1. The third-order valence-electron chi connectivity index (χ3n) is 4.81. The van der Waals surface area contributed by atoms with Gasteiger partial charge in [-0.05, 0) is 68.0 Å². The second kappa shape index (κ2) is 8.39. The van der Waals surface area contributed by atoms with Gasteiger partial charge in [-0.2, -0.15) is 0 Å². The maximum absolute atomic E-state index is 13.1. The van der Waals surface area contributed by atoms with Gasteiger partial charge in [-0.1, -0.05) is 51.3 Å². The molecule has 0 aliphatic rings. The van der Waals surface area contributed by atoms with Crippen LogP contribution in [0.4, 0.5) is 4.39 Å². The topological polar surface area (TPSA) is 13.1 Å². The molecule has 27 heavy (non-hydrogen) atoms. The van der Waals surface area contributed by atoms with Gasteiger partial charge < -0.3 is 4.42 Å². The van der Waals surface area contributed by atoms with Crippen molar-refractivity contribution in [2.75, 3.05) is 0 Å². The Bertz CT molecular complexity index is 978. The maximum atomic E-state index is 13.1. The zero-order chi connectivity index (χ0) is 20.3. The summed E-state index contributed by atoms with van der Waals surface area (Å²) < 4.78 is 19.2. The van der Waals surface area contributed by atoms with Crippen LogP contribution in [0.2, 0.25) is 0 Å². The second-order valence-corrected chi connectivity index (χ2v) is 7.24. The lowest BCUT2D eigenvalue weighted by molar-refractivity contribution is 0.576. The SMILES string of the molecule is C=C(F)/C=C\c1c(C)oc2c(C(=C)/C=C\C(=C/C)C(C)C)c(C)cc(C)c12. The Balaban J connectivity index is 2.64. The molecule has 1 aromatic heterocycles. The molecule has 2 heteroatoms. The van der Waals surface area contributed by atoms with Crippen LogP contribution in [0.25, 0.3) is 22.6 Å². The van der Waals surface area contributed by atoms with Gasteiger partial charge in [0.2, 0.25) is 0 Å². The summed E-state index contributed by atoms with van der Waals surface area (Å²) >= 11 is 0. The van der Waals surface area contributed by atoms with Crippen molar-refractivity contribution in [2.45, 2.75) is 41.5 Å². The molecule has 0 radical (unpaired) electrons. The highest BCUT2D eigenvalue weighted by molar-refractivity contribution is 6.00. The Morgan fingerprint density at radius 2 is 1.74 bits per heavy atom. The molecule has 0 atom stereocenters. The quantitative estimate of drug-likeness (QED) is 0.473. The van der Waals surface area contributed by atoms with Crippen molar-refractivity contribution in [1.82, 2.24) is 0 Å². The van der Waals surface area contributed by atoms with Crippen LogP contribution >= 0.6 is 0 Å². The van der Waals surface area contributed by atoms with Gasteiger partial charge >= 0.3 is 0 Å². The maximum Gasteiger partial charge on any atom is 0.143 e. The minimum absolute atomic E-state index is 0.453. The van der Waals surface area contributed by atoms with Crippen LogP contribution in [0.5, 0.6) is 0 Å². The summed E-state index contributed by atoms with van der Waals surface area (Å²) in [7, 11) is 0. The fourth-order valence-electron chi connectivity index (χ4n) is 3.45. The number of hydrogen-bond acceptors (Lipinski definition) is 1. The average Bonchev–Trinajstić information content (AvgIpc) is 2.89. The van der Waals surface area contributed by atoms with Crippen molar-refractivity contribution >= 4 is 22.6 Å². The number of rotatable bonds is 6. The fraction of sp³-hybridized carbons (Fsp3) is 0.280. The van der Waals surface area contributed by atoms with Gasteiger partial charge in [0.15, 0.2) is 0 Å². The molecule has 2 rings (SSSR count). The van der Waals surface area contributed by atoms with E-state index in [1.54, 1.807) is 6.08 Å². The monoisotopic (exact) mass is 364 g/mol. The molecule has 1 heterocycles. The van der Waals surface area contributed by atoms with Gasteiger partial charge in [0, 0.05) is 16.5 Å². The summed E-state index contributed by atoms with van der Waals surface area (Å²) in [5.74, 6) is 0.730. The Morgan fingerprint density at radius 1 is 1.07 bits per heavy atom. The number of aryl methyl sites for hydroxylation is 3. The van der Waals surface area contributed by atoms with E-state index in [1.165, 1.54) is 11.6 Å². The number of hydrogen-bond donors (Lipinski definition) is 0. The minimum Gasteiger partial charge on any atom is -0.460 e. The van der Waals surface area contributed by atoms with Crippen LogP contribution in [0.1, 0.15) is 48.8 Å². The molecule has 0 amide bonds. The zero-order valence-electron chi connectivity index (χ0n) is 17.2. The van der Waals surface area contributed by atoms with E-state index < -0.39 is 5.83 Å². The Labute approximate surface area is 162 Å². The molecule has 0 N–H and O–H groups in total. The number of halogens is 1. The number of furan rings is 1. The second-order valence-electron chi connectivity index (χ2n) is 7.24. The molecular weight excluding hydrogens is 335 g/mol. The summed E-state index contributed by atoms with van der Waals surface area (Å²) in [4.78, 5) is 0. The van der Waals surface area contributed by atoms with E-state index in [0.717, 1.165) is 44.6 Å². The first-order valence-electron chi connectivity index (χ1n) is 9.26. The lowest BCUT2D eigenvalue weighted by Gasteiger charge is -2.10. The van der Waals surface area contributed by atoms with E-state index in [2.05, 4.69) is 52.1 Å². The van der Waals surface area contributed by atoms with Crippen LogP contribution in [-0.2, 0) is 0 Å². The molecule has 142 valence electrons. The van der Waals surface area contributed by atoms with Crippen LogP contribution in [-0.4, -0.2) is 0 Å². The van der Waals surface area contributed by atoms with E-state index in [-0.39, 0.29) is 0 Å². The molecule has 2 aromatic rings. The summed E-state index contributed by atoms with van der Waals surface area (Å²) in [5.41, 5.74) is 7.05. The molecular formula is C25H29FO. The van der Waals surface area contributed by atoms with Gasteiger partial charge in [-0.25, -0.2) is 4.39 Å². The fourth-order valence-corrected chi connectivity index (χ4v) is 3.45. The molecule has 0 aliphatic carbocycles. The molecule has 0 spiro atoms. The Hall–Kier alpha value is -2.61. The normalized spacial score (nSPS) is 12.8. The highest BCUT2D eigenvalue weighted by atomic mass is 19.1. The summed E-state index contributed by atoms with van der Waals surface area (Å²) in [6.07, 6.45) is 9.37. The van der Waals surface area contributed by atoms with Gasteiger partial charge in [0.05, 0.1) is 0 Å². The van der Waals surface area contributed by atoms with Crippen molar-refractivity contribution in [3.05, 3.63) is 82.9 Å². The molecule has 0 bridgehead atoms. The highest BCUT2D eigenvalue weighted by Gasteiger charge is 2.18. The van der Waals surface area contributed by atoms with E-state index >= 15 is 0 Å². The first-order chi connectivity index (χ1) is 12.7. The van der Waals surface area contributed by atoms with Crippen LogP contribution < -0.4 is 0 Å². The Morgan fingerprint density at radius 3 is 2.30 bits per heavy atom. The summed E-state index contributed by atoms with van der Waals surface area (Å²) in [5, 5.41) is 0.996. The third-order valence-corrected chi connectivity index (χ3v) is 4.81. The first-order valence-corrected chi connectivity index (χ1v) is 9.26. The standard InChI is InChI=1S/C25H29FO/c1-9-21(15(2)3)12-10-16(4)23-17(5)14-18(6)24-22(13-11-19(7)26)20(8)27-25(23)24/h9-15H,4,7H2,1-3,5-6,8H3/b12-10-,13-11-,21-9+. The third kappa shape index (κ3) is 4.39. The highest BCUT2D eigenvalue weighted by Crippen LogP contribution is 2.37. The molecule has 0 unspecified atom stereocenters.